The molecule has 1 aliphatic carbocycles. The molecule has 1 heteroatoms. The Bertz CT molecular complexity index is 212. The number of rotatable bonds is 4. The molecule has 0 aromatic rings. The lowest BCUT2D eigenvalue weighted by Crippen LogP contribution is -2.46. The third kappa shape index (κ3) is 4.08. The number of unbranched alkanes of at least 4 members (excludes halogenated alkanes) is 2. The molecule has 1 N–H and O–H groups in total. The molecule has 1 saturated carbocycles. The predicted molar refractivity (Wildman–Crippen MR) is 70.5 cm³/mol. The van der Waals surface area contributed by atoms with Crippen LogP contribution in [0.15, 0.2) is 0 Å². The lowest BCUT2D eigenvalue weighted by molar-refractivity contribution is -0.0915. The van der Waals surface area contributed by atoms with Crippen LogP contribution in [-0.4, -0.2) is 10.7 Å². The SMILES string of the molecule is CCCCCC1(O)CC(C)(C)CC(C)(C)C1. The summed E-state index contributed by atoms with van der Waals surface area (Å²) >= 11 is 0. The normalized spacial score (nSPS) is 26.6. The number of aliphatic hydroxyl groups is 1. The number of hydrogen-bond donors (Lipinski definition) is 1. The van der Waals surface area contributed by atoms with Gasteiger partial charge in [0, 0.05) is 0 Å². The van der Waals surface area contributed by atoms with Gasteiger partial charge >= 0.3 is 0 Å². The summed E-state index contributed by atoms with van der Waals surface area (Å²) in [5.74, 6) is 0. The smallest absolute Gasteiger partial charge is 0.0658 e. The van der Waals surface area contributed by atoms with Crippen LogP contribution in [-0.2, 0) is 0 Å². The van der Waals surface area contributed by atoms with Crippen molar-refractivity contribution in [3.63, 3.8) is 0 Å². The van der Waals surface area contributed by atoms with Crippen molar-refractivity contribution in [2.45, 2.75) is 85.2 Å². The minimum atomic E-state index is -0.402. The van der Waals surface area contributed by atoms with Crippen LogP contribution in [0.3, 0.4) is 0 Å². The highest BCUT2D eigenvalue weighted by Crippen LogP contribution is 2.51. The van der Waals surface area contributed by atoms with Crippen molar-refractivity contribution in [3.8, 4) is 0 Å². The van der Waals surface area contributed by atoms with E-state index in [0.29, 0.717) is 10.8 Å². The van der Waals surface area contributed by atoms with E-state index in [0.717, 1.165) is 19.3 Å². The second kappa shape index (κ2) is 4.68. The summed E-state index contributed by atoms with van der Waals surface area (Å²) in [6, 6.07) is 0. The third-order valence-electron chi connectivity index (χ3n) is 3.82. The first-order valence-electron chi connectivity index (χ1n) is 6.91. The molecule has 1 rings (SSSR count). The van der Waals surface area contributed by atoms with Crippen LogP contribution in [0.1, 0.15) is 79.6 Å². The first-order chi connectivity index (χ1) is 7.18. The zero-order valence-electron chi connectivity index (χ0n) is 11.9. The van der Waals surface area contributed by atoms with E-state index in [-0.39, 0.29) is 0 Å². The molecule has 0 bridgehead atoms. The van der Waals surface area contributed by atoms with Gasteiger partial charge in [0.1, 0.15) is 0 Å². The van der Waals surface area contributed by atoms with E-state index >= 15 is 0 Å². The van der Waals surface area contributed by atoms with Crippen molar-refractivity contribution in [3.05, 3.63) is 0 Å². The maximum absolute atomic E-state index is 10.8. The molecule has 0 radical (unpaired) electrons. The highest BCUT2D eigenvalue weighted by molar-refractivity contribution is 4.97. The van der Waals surface area contributed by atoms with Crippen LogP contribution >= 0.6 is 0 Å². The van der Waals surface area contributed by atoms with Gasteiger partial charge in [-0.1, -0.05) is 53.9 Å². The van der Waals surface area contributed by atoms with Crippen LogP contribution in [0.2, 0.25) is 0 Å². The van der Waals surface area contributed by atoms with Gasteiger partial charge in [0.2, 0.25) is 0 Å². The molecular weight excluding hydrogens is 196 g/mol. The molecular formula is C15H30O. The van der Waals surface area contributed by atoms with Gasteiger partial charge in [-0.05, 0) is 36.5 Å². The molecule has 0 aliphatic heterocycles. The maximum atomic E-state index is 10.8. The molecule has 0 heterocycles. The first kappa shape index (κ1) is 14.0. The van der Waals surface area contributed by atoms with Crippen molar-refractivity contribution in [2.75, 3.05) is 0 Å². The molecule has 0 unspecified atom stereocenters. The fourth-order valence-corrected chi connectivity index (χ4v) is 4.15. The van der Waals surface area contributed by atoms with Crippen LogP contribution in [0.4, 0.5) is 0 Å². The molecule has 0 aromatic heterocycles. The van der Waals surface area contributed by atoms with Gasteiger partial charge in [0.15, 0.2) is 0 Å². The van der Waals surface area contributed by atoms with Crippen molar-refractivity contribution >= 4 is 0 Å². The van der Waals surface area contributed by atoms with Gasteiger partial charge in [-0.2, -0.15) is 0 Å². The monoisotopic (exact) mass is 226 g/mol. The molecule has 0 aromatic carbocycles. The molecule has 0 amide bonds. The molecule has 1 nitrogen and oxygen atoms in total. The summed E-state index contributed by atoms with van der Waals surface area (Å²) in [5.41, 5.74) is 0.186. The summed E-state index contributed by atoms with van der Waals surface area (Å²) in [5, 5.41) is 10.8. The highest BCUT2D eigenvalue weighted by Gasteiger charge is 2.45. The van der Waals surface area contributed by atoms with Gasteiger partial charge in [0.05, 0.1) is 5.60 Å². The molecule has 16 heavy (non-hydrogen) atoms. The lowest BCUT2D eigenvalue weighted by Gasteiger charge is -2.49. The van der Waals surface area contributed by atoms with Gasteiger partial charge in [-0.15, -0.1) is 0 Å². The molecule has 0 saturated heterocycles. The maximum Gasteiger partial charge on any atom is 0.0658 e. The van der Waals surface area contributed by atoms with Crippen LogP contribution in [0.25, 0.3) is 0 Å². The number of hydrogen-bond acceptors (Lipinski definition) is 1. The Morgan fingerprint density at radius 2 is 1.38 bits per heavy atom. The minimum Gasteiger partial charge on any atom is -0.390 e. The summed E-state index contributed by atoms with van der Waals surface area (Å²) in [7, 11) is 0. The van der Waals surface area contributed by atoms with Gasteiger partial charge in [0.25, 0.3) is 0 Å². The standard InChI is InChI=1S/C15H30O/c1-6-7-8-9-15(16)11-13(2,3)10-14(4,5)12-15/h16H,6-12H2,1-5H3. The Morgan fingerprint density at radius 1 is 0.875 bits per heavy atom. The lowest BCUT2D eigenvalue weighted by atomic mass is 9.59. The average molecular weight is 226 g/mol. The molecule has 1 fully saturated rings. The molecule has 0 spiro atoms. The van der Waals surface area contributed by atoms with Gasteiger partial charge in [-0.25, -0.2) is 0 Å². The van der Waals surface area contributed by atoms with E-state index in [4.69, 9.17) is 0 Å². The molecule has 0 atom stereocenters. The summed E-state index contributed by atoms with van der Waals surface area (Å²) < 4.78 is 0. The zero-order chi connectivity index (χ0) is 12.4. The fourth-order valence-electron chi connectivity index (χ4n) is 4.15. The summed E-state index contributed by atoms with van der Waals surface area (Å²) in [6.07, 6.45) is 7.86. The van der Waals surface area contributed by atoms with E-state index in [1.165, 1.54) is 25.7 Å². The average Bonchev–Trinajstić information content (AvgIpc) is 1.96. The van der Waals surface area contributed by atoms with E-state index in [2.05, 4.69) is 34.6 Å². The Hall–Kier alpha value is -0.0400. The Morgan fingerprint density at radius 3 is 1.81 bits per heavy atom. The summed E-state index contributed by atoms with van der Waals surface area (Å²) in [4.78, 5) is 0. The van der Waals surface area contributed by atoms with Crippen LogP contribution < -0.4 is 0 Å². The highest BCUT2D eigenvalue weighted by atomic mass is 16.3. The zero-order valence-corrected chi connectivity index (χ0v) is 11.9. The van der Waals surface area contributed by atoms with Crippen LogP contribution in [0, 0.1) is 10.8 Å². The van der Waals surface area contributed by atoms with Crippen molar-refractivity contribution in [1.82, 2.24) is 0 Å². The third-order valence-corrected chi connectivity index (χ3v) is 3.82. The Kier molecular flexibility index (Phi) is 4.10. The fraction of sp³-hybridized carbons (Fsp3) is 1.00. The van der Waals surface area contributed by atoms with Crippen molar-refractivity contribution in [1.29, 1.82) is 0 Å². The Balaban J connectivity index is 2.64. The van der Waals surface area contributed by atoms with Gasteiger partial charge < -0.3 is 5.11 Å². The van der Waals surface area contributed by atoms with Crippen molar-refractivity contribution in [2.24, 2.45) is 10.8 Å². The second-order valence-electron chi connectivity index (χ2n) is 7.54. The summed E-state index contributed by atoms with van der Waals surface area (Å²) in [6.45, 7) is 11.4. The Labute approximate surface area is 102 Å². The van der Waals surface area contributed by atoms with Crippen molar-refractivity contribution < 1.29 is 5.11 Å². The molecule has 96 valence electrons. The molecule has 1 aliphatic rings. The second-order valence-corrected chi connectivity index (χ2v) is 7.54. The van der Waals surface area contributed by atoms with E-state index in [1.54, 1.807) is 0 Å². The first-order valence-corrected chi connectivity index (χ1v) is 6.91. The predicted octanol–water partition coefficient (Wildman–Crippen LogP) is 4.53. The van der Waals surface area contributed by atoms with Crippen LogP contribution in [0.5, 0.6) is 0 Å². The minimum absolute atomic E-state index is 0.294. The quantitative estimate of drug-likeness (QED) is 0.698. The van der Waals surface area contributed by atoms with E-state index in [1.807, 2.05) is 0 Å². The van der Waals surface area contributed by atoms with Gasteiger partial charge in [-0.3, -0.25) is 0 Å². The largest absolute Gasteiger partial charge is 0.390 e. The van der Waals surface area contributed by atoms with E-state index < -0.39 is 5.60 Å². The topological polar surface area (TPSA) is 20.2 Å². The van der Waals surface area contributed by atoms with E-state index in [9.17, 15) is 5.11 Å².